The van der Waals surface area contributed by atoms with E-state index >= 15 is 0 Å². The zero-order chi connectivity index (χ0) is 22.9. The van der Waals surface area contributed by atoms with E-state index in [1.54, 1.807) is 54.7 Å². The zero-order valence-corrected chi connectivity index (χ0v) is 18.3. The number of amides is 2. The van der Waals surface area contributed by atoms with E-state index in [1.807, 2.05) is 19.1 Å². The van der Waals surface area contributed by atoms with E-state index in [-0.39, 0.29) is 24.0 Å². The molecule has 170 valence electrons. The van der Waals surface area contributed by atoms with Crippen LogP contribution in [0.15, 0.2) is 59.2 Å². The molecule has 8 nitrogen and oxygen atoms in total. The van der Waals surface area contributed by atoms with Crippen LogP contribution in [0.2, 0.25) is 0 Å². The van der Waals surface area contributed by atoms with E-state index in [0.29, 0.717) is 17.2 Å². The Morgan fingerprint density at radius 3 is 2.85 bits per heavy atom. The van der Waals surface area contributed by atoms with Crippen LogP contribution in [0.5, 0.6) is 5.75 Å². The van der Waals surface area contributed by atoms with Gasteiger partial charge in [-0.3, -0.25) is 14.4 Å². The number of benzene rings is 1. The average Bonchev–Trinajstić information content (AvgIpc) is 3.58. The van der Waals surface area contributed by atoms with Crippen LogP contribution in [0.3, 0.4) is 0 Å². The minimum absolute atomic E-state index is 0.0604. The Bertz CT molecular complexity index is 1170. The molecule has 1 aromatic carbocycles. The fourth-order valence-electron chi connectivity index (χ4n) is 6.19. The summed E-state index contributed by atoms with van der Waals surface area (Å²) in [7, 11) is 1.56. The molecule has 7 atom stereocenters. The number of methoxy groups -OCH3 is 1. The number of hydrogen-bond donors (Lipinski definition) is 1. The first-order valence-electron chi connectivity index (χ1n) is 11.1. The van der Waals surface area contributed by atoms with Crippen LogP contribution in [0, 0.1) is 17.8 Å². The highest BCUT2D eigenvalue weighted by Gasteiger charge is 2.74. The summed E-state index contributed by atoms with van der Waals surface area (Å²) in [6.45, 7) is 1.84. The summed E-state index contributed by atoms with van der Waals surface area (Å²) in [5.41, 5.74) is -0.418. The molecule has 0 aliphatic carbocycles. The van der Waals surface area contributed by atoms with E-state index in [1.165, 1.54) is 0 Å². The van der Waals surface area contributed by atoms with Crippen LogP contribution in [0.25, 0.3) is 0 Å². The molecule has 4 aliphatic heterocycles. The Labute approximate surface area is 190 Å². The SMILES string of the molecule is COc1cccc(NC(=O)[C@@H]2[C@@H]3C=C[C@]4(O3)[C@@H]2C(=O)N2[C@H](c3ccco3)CC(=O)[C@H](C)[C@@H]24)c1. The monoisotopic (exact) mass is 448 g/mol. The van der Waals surface area contributed by atoms with Crippen molar-refractivity contribution in [3.05, 3.63) is 60.6 Å². The van der Waals surface area contributed by atoms with Gasteiger partial charge >= 0.3 is 0 Å². The second-order valence-electron chi connectivity index (χ2n) is 9.20. The molecule has 1 aromatic heterocycles. The first-order chi connectivity index (χ1) is 15.9. The van der Waals surface area contributed by atoms with Crippen molar-refractivity contribution in [3.8, 4) is 5.75 Å². The second-order valence-corrected chi connectivity index (χ2v) is 9.20. The first-order valence-corrected chi connectivity index (χ1v) is 11.1. The standard InChI is InChI=1S/C25H24N2O6/c1-13-17(28)12-16(18-7-4-10-32-18)27-22(13)25-9-8-19(33-25)20(21(25)24(27)30)23(29)26-14-5-3-6-15(11-14)31-2/h3-11,13,16,19-22H,12H2,1-2H3,(H,26,29)/t13-,16-,19-,20+,21-,22+,25-/m0/s1. The third-order valence-electron chi connectivity index (χ3n) is 7.59. The van der Waals surface area contributed by atoms with Gasteiger partial charge in [0.1, 0.15) is 22.9 Å². The smallest absolute Gasteiger partial charge is 0.231 e. The molecular formula is C25H24N2O6. The number of ether oxygens (including phenoxy) is 2. The quantitative estimate of drug-likeness (QED) is 0.723. The third kappa shape index (κ3) is 2.70. The Balaban J connectivity index is 1.37. The molecule has 6 rings (SSSR count). The maximum atomic E-state index is 13.9. The Morgan fingerprint density at radius 1 is 1.24 bits per heavy atom. The van der Waals surface area contributed by atoms with Crippen LogP contribution in [-0.4, -0.2) is 47.4 Å². The number of rotatable bonds is 4. The lowest BCUT2D eigenvalue weighted by molar-refractivity contribution is -0.147. The Hall–Kier alpha value is -3.39. The summed E-state index contributed by atoms with van der Waals surface area (Å²) in [5.74, 6) is -1.01. The molecule has 5 heterocycles. The number of carbonyl (C=O) groups excluding carboxylic acids is 3. The van der Waals surface area contributed by atoms with Crippen molar-refractivity contribution < 1.29 is 28.3 Å². The highest BCUT2D eigenvalue weighted by Crippen LogP contribution is 2.60. The van der Waals surface area contributed by atoms with Crippen LogP contribution in [0.4, 0.5) is 5.69 Å². The molecule has 2 bridgehead atoms. The minimum atomic E-state index is -1.00. The lowest BCUT2D eigenvalue weighted by Gasteiger charge is -2.43. The number of nitrogens with zero attached hydrogens (tertiary/aromatic N) is 1. The van der Waals surface area contributed by atoms with Crippen LogP contribution in [-0.2, 0) is 19.1 Å². The summed E-state index contributed by atoms with van der Waals surface area (Å²) < 4.78 is 17.2. The fourth-order valence-corrected chi connectivity index (χ4v) is 6.19. The zero-order valence-electron chi connectivity index (χ0n) is 18.3. The maximum absolute atomic E-state index is 13.9. The predicted molar refractivity (Wildman–Crippen MR) is 116 cm³/mol. The van der Waals surface area contributed by atoms with Gasteiger partial charge in [-0.05, 0) is 24.3 Å². The van der Waals surface area contributed by atoms with Gasteiger partial charge in [0, 0.05) is 24.1 Å². The normalized spacial score (nSPS) is 36.1. The maximum Gasteiger partial charge on any atom is 0.231 e. The highest BCUT2D eigenvalue weighted by molar-refractivity contribution is 6.00. The van der Waals surface area contributed by atoms with Gasteiger partial charge in [0.25, 0.3) is 0 Å². The molecule has 8 heteroatoms. The molecule has 4 aliphatic rings. The molecule has 2 amide bonds. The van der Waals surface area contributed by atoms with Crippen molar-refractivity contribution in [2.75, 3.05) is 12.4 Å². The van der Waals surface area contributed by atoms with E-state index in [2.05, 4.69) is 5.32 Å². The first kappa shape index (κ1) is 20.2. The van der Waals surface area contributed by atoms with Crippen molar-refractivity contribution in [2.24, 2.45) is 17.8 Å². The molecule has 2 aromatic rings. The highest BCUT2D eigenvalue weighted by atomic mass is 16.5. The average molecular weight is 448 g/mol. The van der Waals surface area contributed by atoms with Gasteiger partial charge in [-0.2, -0.15) is 0 Å². The van der Waals surface area contributed by atoms with E-state index in [4.69, 9.17) is 13.9 Å². The molecule has 33 heavy (non-hydrogen) atoms. The summed E-state index contributed by atoms with van der Waals surface area (Å²) in [5, 5.41) is 2.92. The largest absolute Gasteiger partial charge is 0.497 e. The summed E-state index contributed by atoms with van der Waals surface area (Å²) in [4.78, 5) is 42.0. The number of Topliss-reactive ketones (excluding diaryl/α,β-unsaturated/α-hetero) is 1. The lowest BCUT2D eigenvalue weighted by atomic mass is 9.70. The number of anilines is 1. The summed E-state index contributed by atoms with van der Waals surface area (Å²) in [6.07, 6.45) is 4.97. The van der Waals surface area contributed by atoms with Gasteiger partial charge in [-0.25, -0.2) is 0 Å². The van der Waals surface area contributed by atoms with Crippen LogP contribution < -0.4 is 10.1 Å². The molecule has 0 saturated carbocycles. The number of furan rings is 1. The van der Waals surface area contributed by atoms with E-state index in [9.17, 15) is 14.4 Å². The van der Waals surface area contributed by atoms with E-state index in [0.717, 1.165) is 0 Å². The summed E-state index contributed by atoms with van der Waals surface area (Å²) >= 11 is 0. The second kappa shape index (κ2) is 7.05. The number of carbonyl (C=O) groups is 3. The Morgan fingerprint density at radius 2 is 2.09 bits per heavy atom. The van der Waals surface area contributed by atoms with Crippen LogP contribution in [0.1, 0.15) is 25.1 Å². The molecule has 3 fully saturated rings. The lowest BCUT2D eigenvalue weighted by Crippen LogP contribution is -2.55. The topological polar surface area (TPSA) is 98.1 Å². The number of piperidine rings is 1. The van der Waals surface area contributed by atoms with Crippen molar-refractivity contribution in [1.29, 1.82) is 0 Å². The van der Waals surface area contributed by atoms with Crippen molar-refractivity contribution in [2.45, 2.75) is 37.1 Å². The Kier molecular flexibility index (Phi) is 4.32. The number of nitrogens with one attached hydrogen (secondary N) is 1. The molecule has 0 unspecified atom stereocenters. The molecule has 1 spiro atoms. The van der Waals surface area contributed by atoms with E-state index < -0.39 is 41.5 Å². The number of ketones is 1. The predicted octanol–water partition coefficient (Wildman–Crippen LogP) is 2.73. The van der Waals surface area contributed by atoms with Gasteiger partial charge in [-0.15, -0.1) is 0 Å². The van der Waals surface area contributed by atoms with Crippen molar-refractivity contribution >= 4 is 23.3 Å². The van der Waals surface area contributed by atoms with Gasteiger partial charge in [-0.1, -0.05) is 25.1 Å². The van der Waals surface area contributed by atoms with Crippen molar-refractivity contribution in [1.82, 2.24) is 4.90 Å². The third-order valence-corrected chi connectivity index (χ3v) is 7.59. The van der Waals surface area contributed by atoms with Gasteiger partial charge in [0.15, 0.2) is 0 Å². The van der Waals surface area contributed by atoms with Gasteiger partial charge in [0.2, 0.25) is 11.8 Å². The van der Waals surface area contributed by atoms with Crippen molar-refractivity contribution in [3.63, 3.8) is 0 Å². The van der Waals surface area contributed by atoms with Gasteiger partial charge in [0.05, 0.1) is 43.4 Å². The molecule has 3 saturated heterocycles. The fraction of sp³-hybridized carbons (Fsp3) is 0.400. The molecular weight excluding hydrogens is 424 g/mol. The minimum Gasteiger partial charge on any atom is -0.497 e. The molecule has 0 radical (unpaired) electrons. The molecule has 1 N–H and O–H groups in total. The number of fused-ring (bicyclic) bond motifs is 2. The number of hydrogen-bond acceptors (Lipinski definition) is 6. The summed E-state index contributed by atoms with van der Waals surface area (Å²) in [6, 6.07) is 9.62. The van der Waals surface area contributed by atoms with Gasteiger partial charge < -0.3 is 24.1 Å². The van der Waals surface area contributed by atoms with Crippen LogP contribution >= 0.6 is 0 Å².